The number of carbonyl (C=O) groups excluding carboxylic acids is 2. The molecule has 0 radical (unpaired) electrons. The molecule has 0 atom stereocenters. The van der Waals surface area contributed by atoms with Gasteiger partial charge in [0, 0.05) is 56.4 Å². The van der Waals surface area contributed by atoms with Crippen molar-refractivity contribution in [2.24, 2.45) is 0 Å². The van der Waals surface area contributed by atoms with Gasteiger partial charge in [0.1, 0.15) is 5.82 Å². The smallest absolute Gasteiger partial charge is 0.223 e. The van der Waals surface area contributed by atoms with E-state index in [-0.39, 0.29) is 36.4 Å². The van der Waals surface area contributed by atoms with E-state index in [1.807, 2.05) is 4.90 Å². The number of amides is 2. The molecule has 0 unspecified atom stereocenters. The molecule has 1 aromatic carbocycles. The van der Waals surface area contributed by atoms with Crippen molar-refractivity contribution >= 4 is 22.8 Å². The van der Waals surface area contributed by atoms with Crippen LogP contribution < -0.4 is 0 Å². The molecule has 2 aliphatic heterocycles. The number of carbonyl (C=O) groups is 2. The Hall–Kier alpha value is -2.48. The minimum atomic E-state index is -0.345. The van der Waals surface area contributed by atoms with Crippen molar-refractivity contribution in [2.45, 2.75) is 31.6 Å². The van der Waals surface area contributed by atoms with Crippen LogP contribution in [0.5, 0.6) is 0 Å². The molecule has 2 fully saturated rings. The van der Waals surface area contributed by atoms with Gasteiger partial charge < -0.3 is 19.1 Å². The van der Waals surface area contributed by atoms with Gasteiger partial charge in [0.05, 0.1) is 18.9 Å². The van der Waals surface area contributed by atoms with Crippen LogP contribution in [-0.4, -0.2) is 66.2 Å². The summed E-state index contributed by atoms with van der Waals surface area (Å²) in [7, 11) is 0. The number of hydrogen-bond donors (Lipinski definition) is 0. The topological polar surface area (TPSA) is 75.9 Å². The summed E-state index contributed by atoms with van der Waals surface area (Å²) in [5.41, 5.74) is 1.29. The molecule has 150 valence electrons. The van der Waals surface area contributed by atoms with Crippen LogP contribution in [0.2, 0.25) is 0 Å². The number of likely N-dealkylation sites (tertiary alicyclic amines) is 1. The third kappa shape index (κ3) is 4.01. The largest absolute Gasteiger partial charge is 0.378 e. The van der Waals surface area contributed by atoms with Gasteiger partial charge in [-0.15, -0.1) is 0 Å². The van der Waals surface area contributed by atoms with Gasteiger partial charge in [-0.05, 0) is 25.0 Å². The summed E-state index contributed by atoms with van der Waals surface area (Å²) < 4.78 is 23.8. The molecule has 0 bridgehead atoms. The van der Waals surface area contributed by atoms with E-state index in [4.69, 9.17) is 9.26 Å². The minimum Gasteiger partial charge on any atom is -0.378 e. The standard InChI is InChI=1S/C20H24FN3O4/c21-15-1-2-16-17(13-15)28-22-20(16)14-5-7-23(8-6-14)18(25)3-4-19(26)24-9-11-27-12-10-24/h1-2,13-14H,3-12H2. The van der Waals surface area contributed by atoms with E-state index in [9.17, 15) is 14.0 Å². The molecule has 7 nitrogen and oxygen atoms in total. The fraction of sp³-hybridized carbons (Fsp3) is 0.550. The highest BCUT2D eigenvalue weighted by Gasteiger charge is 2.28. The zero-order valence-electron chi connectivity index (χ0n) is 15.7. The van der Waals surface area contributed by atoms with Crippen LogP contribution in [0.4, 0.5) is 4.39 Å². The first kappa shape index (κ1) is 18.9. The highest BCUT2D eigenvalue weighted by molar-refractivity contribution is 5.84. The van der Waals surface area contributed by atoms with Crippen LogP contribution in [0.1, 0.15) is 37.3 Å². The summed E-state index contributed by atoms with van der Waals surface area (Å²) in [4.78, 5) is 28.3. The molecule has 0 N–H and O–H groups in total. The summed E-state index contributed by atoms with van der Waals surface area (Å²) in [5.74, 6) is -0.118. The van der Waals surface area contributed by atoms with Crippen molar-refractivity contribution in [1.29, 1.82) is 0 Å². The molecule has 4 rings (SSSR count). The maximum atomic E-state index is 13.3. The molecule has 2 aliphatic rings. The number of hydrogen-bond acceptors (Lipinski definition) is 5. The second-order valence-corrected chi connectivity index (χ2v) is 7.36. The number of nitrogens with zero attached hydrogens (tertiary/aromatic N) is 3. The molecule has 2 amide bonds. The monoisotopic (exact) mass is 389 g/mol. The van der Waals surface area contributed by atoms with E-state index in [2.05, 4.69) is 5.16 Å². The van der Waals surface area contributed by atoms with Crippen LogP contribution in [0.25, 0.3) is 11.0 Å². The van der Waals surface area contributed by atoms with Gasteiger partial charge in [-0.1, -0.05) is 5.16 Å². The Morgan fingerprint density at radius 1 is 1.04 bits per heavy atom. The van der Waals surface area contributed by atoms with Crippen LogP contribution in [0.3, 0.4) is 0 Å². The third-order valence-electron chi connectivity index (χ3n) is 5.61. The van der Waals surface area contributed by atoms with Crippen LogP contribution in [-0.2, 0) is 14.3 Å². The molecule has 3 heterocycles. The maximum absolute atomic E-state index is 13.3. The molecule has 0 aliphatic carbocycles. The van der Waals surface area contributed by atoms with E-state index in [1.165, 1.54) is 12.1 Å². The first-order valence-corrected chi connectivity index (χ1v) is 9.80. The molecular weight excluding hydrogens is 365 g/mol. The van der Waals surface area contributed by atoms with Gasteiger partial charge in [0.25, 0.3) is 0 Å². The van der Waals surface area contributed by atoms with Crippen molar-refractivity contribution in [3.63, 3.8) is 0 Å². The number of fused-ring (bicyclic) bond motifs is 1. The van der Waals surface area contributed by atoms with Crippen LogP contribution in [0.15, 0.2) is 22.7 Å². The molecule has 28 heavy (non-hydrogen) atoms. The highest BCUT2D eigenvalue weighted by atomic mass is 19.1. The lowest BCUT2D eigenvalue weighted by Crippen LogP contribution is -2.42. The Kier molecular flexibility index (Phi) is 5.57. The van der Waals surface area contributed by atoms with Gasteiger partial charge in [-0.25, -0.2) is 4.39 Å². The first-order valence-electron chi connectivity index (χ1n) is 9.80. The SMILES string of the molecule is O=C(CCC(=O)N1CCC(c2noc3cc(F)ccc23)CC1)N1CCOCC1. The van der Waals surface area contributed by atoms with E-state index < -0.39 is 0 Å². The zero-order valence-corrected chi connectivity index (χ0v) is 15.7. The Balaban J connectivity index is 1.28. The van der Waals surface area contributed by atoms with Gasteiger partial charge >= 0.3 is 0 Å². The lowest BCUT2D eigenvalue weighted by atomic mass is 9.91. The molecule has 1 aromatic heterocycles. The average molecular weight is 389 g/mol. The number of rotatable bonds is 4. The predicted molar refractivity (Wildman–Crippen MR) is 99.2 cm³/mol. The normalized spacial score (nSPS) is 18.6. The summed E-state index contributed by atoms with van der Waals surface area (Å²) in [6, 6.07) is 4.45. The number of benzene rings is 1. The Morgan fingerprint density at radius 2 is 1.68 bits per heavy atom. The quantitative estimate of drug-likeness (QED) is 0.802. The molecule has 0 spiro atoms. The Labute approximate surface area is 162 Å². The Morgan fingerprint density at radius 3 is 2.36 bits per heavy atom. The number of halogens is 1. The molecular formula is C20H24FN3O4. The number of morpholine rings is 1. The van der Waals surface area contributed by atoms with Crippen molar-refractivity contribution in [1.82, 2.24) is 15.0 Å². The first-order chi connectivity index (χ1) is 13.6. The summed E-state index contributed by atoms with van der Waals surface area (Å²) >= 11 is 0. The lowest BCUT2D eigenvalue weighted by Gasteiger charge is -2.31. The van der Waals surface area contributed by atoms with Crippen molar-refractivity contribution < 1.29 is 23.2 Å². The highest BCUT2D eigenvalue weighted by Crippen LogP contribution is 2.33. The maximum Gasteiger partial charge on any atom is 0.223 e. The van der Waals surface area contributed by atoms with E-state index in [0.717, 1.165) is 23.9 Å². The van der Waals surface area contributed by atoms with Crippen LogP contribution in [0, 0.1) is 5.82 Å². The van der Waals surface area contributed by atoms with E-state index in [1.54, 1.807) is 11.0 Å². The molecule has 8 heteroatoms. The molecule has 2 aromatic rings. The Bertz CT molecular complexity index is 854. The fourth-order valence-corrected chi connectivity index (χ4v) is 3.97. The van der Waals surface area contributed by atoms with Gasteiger partial charge in [-0.2, -0.15) is 0 Å². The average Bonchev–Trinajstić information content (AvgIpc) is 3.15. The van der Waals surface area contributed by atoms with Gasteiger partial charge in [0.2, 0.25) is 11.8 Å². The fourth-order valence-electron chi connectivity index (χ4n) is 3.97. The number of aromatic nitrogens is 1. The predicted octanol–water partition coefficient (Wildman–Crippen LogP) is 2.31. The minimum absolute atomic E-state index is 0.0205. The number of piperidine rings is 1. The lowest BCUT2D eigenvalue weighted by molar-refractivity contribution is -0.139. The van der Waals surface area contributed by atoms with Crippen molar-refractivity contribution in [2.75, 3.05) is 39.4 Å². The van der Waals surface area contributed by atoms with Crippen molar-refractivity contribution in [3.05, 3.63) is 29.7 Å². The van der Waals surface area contributed by atoms with Crippen molar-refractivity contribution in [3.8, 4) is 0 Å². The second kappa shape index (κ2) is 8.26. The second-order valence-electron chi connectivity index (χ2n) is 7.36. The van der Waals surface area contributed by atoms with E-state index >= 15 is 0 Å². The van der Waals surface area contributed by atoms with Gasteiger partial charge in [-0.3, -0.25) is 9.59 Å². The molecule has 2 saturated heterocycles. The van der Waals surface area contributed by atoms with Crippen LogP contribution >= 0.6 is 0 Å². The van der Waals surface area contributed by atoms with E-state index in [0.29, 0.717) is 45.0 Å². The van der Waals surface area contributed by atoms with Gasteiger partial charge in [0.15, 0.2) is 5.58 Å². The summed E-state index contributed by atoms with van der Waals surface area (Å²) in [6.45, 7) is 3.60. The zero-order chi connectivity index (χ0) is 19.5. The number of ether oxygens (including phenoxy) is 1. The summed E-state index contributed by atoms with van der Waals surface area (Å²) in [5, 5.41) is 4.97. The third-order valence-corrected chi connectivity index (χ3v) is 5.61. The molecule has 0 saturated carbocycles. The summed E-state index contributed by atoms with van der Waals surface area (Å²) in [6.07, 6.45) is 2.05.